The highest BCUT2D eigenvalue weighted by Crippen LogP contribution is 2.38. The Morgan fingerprint density at radius 1 is 1.14 bits per heavy atom. The average molecular weight is 400 g/mol. The predicted molar refractivity (Wildman–Crippen MR) is 108 cm³/mol. The Labute approximate surface area is 170 Å². The molecule has 0 radical (unpaired) electrons. The van der Waals surface area contributed by atoms with E-state index in [0.29, 0.717) is 32.6 Å². The monoisotopic (exact) mass is 400 g/mol. The molecule has 0 aromatic heterocycles. The number of phenolic OH excluding ortho intramolecular Hbond substituents is 1. The molecule has 2 atom stereocenters. The van der Waals surface area contributed by atoms with Crippen LogP contribution in [0.4, 0.5) is 10.5 Å². The van der Waals surface area contributed by atoms with Crippen LogP contribution < -0.4 is 10.2 Å². The van der Waals surface area contributed by atoms with Crippen LogP contribution in [-0.2, 0) is 9.59 Å². The molecule has 29 heavy (non-hydrogen) atoms. The molecule has 0 unspecified atom stereocenters. The topological polar surface area (TPSA) is 93.2 Å². The number of amides is 4. The fraction of sp³-hybridized carbons (Fsp3) is 0.571. The molecule has 1 spiro atoms. The summed E-state index contributed by atoms with van der Waals surface area (Å²) < 4.78 is 0. The summed E-state index contributed by atoms with van der Waals surface area (Å²) in [7, 11) is 0. The van der Waals surface area contributed by atoms with Crippen LogP contribution in [0.15, 0.2) is 24.3 Å². The number of hydrogen-bond acceptors (Lipinski definition) is 5. The zero-order valence-electron chi connectivity index (χ0n) is 16.8. The summed E-state index contributed by atoms with van der Waals surface area (Å²) in [5.41, 5.74) is 0.171. The zero-order valence-corrected chi connectivity index (χ0v) is 16.8. The number of nitrogens with one attached hydrogen (secondary N) is 1. The van der Waals surface area contributed by atoms with Crippen LogP contribution in [0.1, 0.15) is 32.6 Å². The van der Waals surface area contributed by atoms with Crippen LogP contribution >= 0.6 is 0 Å². The Bertz CT molecular complexity index is 803. The van der Waals surface area contributed by atoms with Crippen LogP contribution in [0.5, 0.6) is 5.75 Å². The van der Waals surface area contributed by atoms with E-state index in [2.05, 4.69) is 10.2 Å². The maximum absolute atomic E-state index is 13.0. The van der Waals surface area contributed by atoms with Gasteiger partial charge in [0.2, 0.25) is 5.91 Å². The summed E-state index contributed by atoms with van der Waals surface area (Å²) >= 11 is 0. The normalized spacial score (nSPS) is 27.5. The van der Waals surface area contributed by atoms with Crippen LogP contribution in [0, 0.1) is 5.92 Å². The van der Waals surface area contributed by atoms with E-state index in [1.165, 1.54) is 0 Å². The van der Waals surface area contributed by atoms with E-state index in [1.807, 2.05) is 19.1 Å². The molecule has 2 saturated heterocycles. The largest absolute Gasteiger partial charge is 0.508 e. The van der Waals surface area contributed by atoms with Crippen molar-refractivity contribution in [2.24, 2.45) is 5.92 Å². The number of nitrogens with zero attached hydrogens (tertiary/aromatic N) is 3. The fourth-order valence-corrected chi connectivity index (χ4v) is 4.75. The highest BCUT2D eigenvalue weighted by Gasteiger charge is 2.55. The summed E-state index contributed by atoms with van der Waals surface area (Å²) in [6.07, 6.45) is 3.54. The van der Waals surface area contributed by atoms with Gasteiger partial charge in [0.1, 0.15) is 17.8 Å². The second-order valence-corrected chi connectivity index (χ2v) is 8.32. The second kappa shape index (κ2) is 7.57. The second-order valence-electron chi connectivity index (χ2n) is 8.32. The van der Waals surface area contributed by atoms with Crippen molar-refractivity contribution in [1.29, 1.82) is 0 Å². The molecule has 1 aromatic rings. The lowest BCUT2D eigenvalue weighted by Crippen LogP contribution is -2.54. The van der Waals surface area contributed by atoms with Crippen LogP contribution in [-0.4, -0.2) is 71.0 Å². The molecule has 8 heteroatoms. The Kier molecular flexibility index (Phi) is 5.10. The molecule has 2 N–H and O–H groups in total. The molecule has 8 nitrogen and oxygen atoms in total. The number of piperazine rings is 1. The number of anilines is 1. The summed E-state index contributed by atoms with van der Waals surface area (Å²) in [6, 6.07) is 6.55. The number of rotatable bonds is 3. The SMILES string of the molecule is C[C@@H]1CCCC[C@@]12NC(=O)N(CC(=O)N1CCN(c3ccc(O)cc3)CC1)C2=O. The van der Waals surface area contributed by atoms with Gasteiger partial charge in [-0.2, -0.15) is 0 Å². The molecule has 3 aliphatic rings. The Hall–Kier alpha value is -2.77. The summed E-state index contributed by atoms with van der Waals surface area (Å²) in [5.74, 6) is -0.131. The number of carbonyl (C=O) groups excluding carboxylic acids is 3. The van der Waals surface area contributed by atoms with E-state index in [-0.39, 0.29) is 30.0 Å². The van der Waals surface area contributed by atoms with E-state index in [4.69, 9.17) is 0 Å². The van der Waals surface area contributed by atoms with Crippen molar-refractivity contribution in [3.8, 4) is 5.75 Å². The van der Waals surface area contributed by atoms with Gasteiger partial charge in [-0.15, -0.1) is 0 Å². The average Bonchev–Trinajstić information content (AvgIpc) is 2.96. The molecule has 156 valence electrons. The van der Waals surface area contributed by atoms with Crippen molar-refractivity contribution in [2.75, 3.05) is 37.6 Å². The van der Waals surface area contributed by atoms with Gasteiger partial charge in [0, 0.05) is 31.9 Å². The Balaban J connectivity index is 1.36. The van der Waals surface area contributed by atoms with Gasteiger partial charge in [0.05, 0.1) is 0 Å². The highest BCUT2D eigenvalue weighted by molar-refractivity contribution is 6.09. The van der Waals surface area contributed by atoms with Gasteiger partial charge in [-0.25, -0.2) is 4.79 Å². The number of urea groups is 1. The third-order valence-electron chi connectivity index (χ3n) is 6.64. The smallest absolute Gasteiger partial charge is 0.325 e. The van der Waals surface area contributed by atoms with Gasteiger partial charge in [-0.05, 0) is 43.0 Å². The van der Waals surface area contributed by atoms with E-state index in [1.54, 1.807) is 17.0 Å². The molecule has 1 aromatic carbocycles. The lowest BCUT2D eigenvalue weighted by molar-refractivity contribution is -0.140. The molecule has 1 aliphatic carbocycles. The van der Waals surface area contributed by atoms with E-state index >= 15 is 0 Å². The van der Waals surface area contributed by atoms with Gasteiger partial charge in [-0.3, -0.25) is 14.5 Å². The third-order valence-corrected chi connectivity index (χ3v) is 6.64. The zero-order chi connectivity index (χ0) is 20.6. The molecule has 0 bridgehead atoms. The molecule has 4 rings (SSSR count). The van der Waals surface area contributed by atoms with Crippen molar-refractivity contribution in [3.63, 3.8) is 0 Å². The minimum atomic E-state index is -0.826. The number of benzene rings is 1. The van der Waals surface area contributed by atoms with Crippen molar-refractivity contribution in [1.82, 2.24) is 15.1 Å². The van der Waals surface area contributed by atoms with E-state index in [0.717, 1.165) is 29.8 Å². The van der Waals surface area contributed by atoms with Gasteiger partial charge in [-0.1, -0.05) is 19.8 Å². The van der Waals surface area contributed by atoms with Crippen LogP contribution in [0.2, 0.25) is 0 Å². The van der Waals surface area contributed by atoms with Gasteiger partial charge >= 0.3 is 6.03 Å². The number of carbonyl (C=O) groups is 3. The van der Waals surface area contributed by atoms with Crippen LogP contribution in [0.3, 0.4) is 0 Å². The molecule has 3 fully saturated rings. The summed E-state index contributed by atoms with van der Waals surface area (Å²) in [6.45, 7) is 4.20. The van der Waals surface area contributed by atoms with Gasteiger partial charge in [0.25, 0.3) is 5.91 Å². The molecular weight excluding hydrogens is 372 g/mol. The molecule has 1 saturated carbocycles. The van der Waals surface area contributed by atoms with E-state index in [9.17, 15) is 19.5 Å². The Morgan fingerprint density at radius 3 is 2.48 bits per heavy atom. The Morgan fingerprint density at radius 2 is 1.83 bits per heavy atom. The van der Waals surface area contributed by atoms with Crippen molar-refractivity contribution >= 4 is 23.5 Å². The first kappa shape index (κ1) is 19.5. The maximum atomic E-state index is 13.0. The lowest BCUT2D eigenvalue weighted by atomic mass is 9.73. The van der Waals surface area contributed by atoms with Gasteiger partial charge in [0.15, 0.2) is 0 Å². The molecule has 4 amide bonds. The quantitative estimate of drug-likeness (QED) is 0.751. The standard InChI is InChI=1S/C21H28N4O4/c1-15-4-2-3-9-21(15)19(28)25(20(29)22-21)14-18(27)24-12-10-23(11-13-24)16-5-7-17(26)8-6-16/h5-8,15,26H,2-4,9-14H2,1H3,(H,22,29)/t15-,21-/m1/s1. The predicted octanol–water partition coefficient (Wildman–Crippen LogP) is 1.54. The van der Waals surface area contributed by atoms with Crippen molar-refractivity contribution in [2.45, 2.75) is 38.1 Å². The number of hydrogen-bond donors (Lipinski definition) is 2. The summed E-state index contributed by atoms with van der Waals surface area (Å²) in [5, 5.41) is 12.3. The summed E-state index contributed by atoms with van der Waals surface area (Å²) in [4.78, 5) is 43.3. The van der Waals surface area contributed by atoms with Crippen molar-refractivity contribution in [3.05, 3.63) is 24.3 Å². The highest BCUT2D eigenvalue weighted by atomic mass is 16.3. The van der Waals surface area contributed by atoms with E-state index < -0.39 is 11.6 Å². The minimum absolute atomic E-state index is 0.0849. The number of phenols is 1. The lowest BCUT2D eigenvalue weighted by Gasteiger charge is -2.37. The first-order valence-corrected chi connectivity index (χ1v) is 10.4. The number of imide groups is 1. The fourth-order valence-electron chi connectivity index (χ4n) is 4.75. The van der Waals surface area contributed by atoms with Crippen molar-refractivity contribution < 1.29 is 19.5 Å². The van der Waals surface area contributed by atoms with Crippen LogP contribution in [0.25, 0.3) is 0 Å². The van der Waals surface area contributed by atoms with Gasteiger partial charge < -0.3 is 20.2 Å². The molecule has 2 heterocycles. The maximum Gasteiger partial charge on any atom is 0.325 e. The minimum Gasteiger partial charge on any atom is -0.508 e. The first-order chi connectivity index (χ1) is 13.9. The number of aromatic hydroxyl groups is 1. The molecule has 2 aliphatic heterocycles. The molecular formula is C21H28N4O4. The third kappa shape index (κ3) is 3.52. The first-order valence-electron chi connectivity index (χ1n) is 10.4.